The minimum Gasteiger partial charge on any atom is -0.493 e. The molecule has 0 aliphatic carbocycles. The maximum atomic E-state index is 12.5. The van der Waals surface area contributed by atoms with Crippen LogP contribution in [0.5, 0.6) is 11.5 Å². The molecule has 2 heterocycles. The predicted octanol–water partition coefficient (Wildman–Crippen LogP) is 3.81. The summed E-state index contributed by atoms with van der Waals surface area (Å²) in [6, 6.07) is 14.7. The first-order chi connectivity index (χ1) is 15.8. The molecule has 0 spiro atoms. The number of hydrogen-bond donors (Lipinski definition) is 3. The van der Waals surface area contributed by atoms with Gasteiger partial charge >= 0.3 is 16.8 Å². The van der Waals surface area contributed by atoms with Gasteiger partial charge in [0.2, 0.25) is 0 Å². The molecule has 2 atom stereocenters. The Hall–Kier alpha value is -3.24. The van der Waals surface area contributed by atoms with Gasteiger partial charge in [-0.1, -0.05) is 47.7 Å². The summed E-state index contributed by atoms with van der Waals surface area (Å²) in [6.45, 7) is 0.318. The number of carboxylic acids is 2. The van der Waals surface area contributed by atoms with Crippen molar-refractivity contribution in [3.8, 4) is 11.5 Å². The van der Waals surface area contributed by atoms with Crippen LogP contribution in [0.15, 0.2) is 58.4 Å². The zero-order chi connectivity index (χ0) is 23.6. The van der Waals surface area contributed by atoms with E-state index in [2.05, 4.69) is 4.98 Å². The monoisotopic (exact) mass is 487 g/mol. The molecule has 33 heavy (non-hydrogen) atoms. The maximum Gasteiger partial charge on any atom is 0.312 e. The average molecular weight is 488 g/mol. The number of methoxy groups -OCH3 is 1. The van der Waals surface area contributed by atoms with Crippen molar-refractivity contribution in [3.63, 3.8) is 0 Å². The number of nitrogens with one attached hydrogen (secondary N) is 1. The van der Waals surface area contributed by atoms with E-state index in [1.165, 1.54) is 7.11 Å². The standard InChI is InChI=1S/C23H21NO7S2/c1-30-16-9-14(7-8-15(16)31-11-13-5-3-2-4-6-13)18-19-20(24-22(29)33-19)32-12-23(18,21(27)28)10-17(25)26/h2-9,18H,10-12H2,1H3,(H,24,29)(H,25,26)(H,27,28). The lowest BCUT2D eigenvalue weighted by Crippen LogP contribution is -2.44. The van der Waals surface area contributed by atoms with Crippen LogP contribution in [0.2, 0.25) is 0 Å². The van der Waals surface area contributed by atoms with Crippen LogP contribution in [0, 0.1) is 5.41 Å². The van der Waals surface area contributed by atoms with E-state index >= 15 is 0 Å². The first-order valence-electron chi connectivity index (χ1n) is 9.99. The van der Waals surface area contributed by atoms with Crippen LogP contribution in [0.3, 0.4) is 0 Å². The summed E-state index contributed by atoms with van der Waals surface area (Å²) in [7, 11) is 1.48. The molecule has 0 amide bonds. The lowest BCUT2D eigenvalue weighted by atomic mass is 9.70. The van der Waals surface area contributed by atoms with E-state index in [0.29, 0.717) is 33.6 Å². The Labute approximate surface area is 197 Å². The second-order valence-electron chi connectivity index (χ2n) is 7.65. The van der Waals surface area contributed by atoms with Crippen LogP contribution >= 0.6 is 23.1 Å². The second-order valence-corrected chi connectivity index (χ2v) is 9.65. The van der Waals surface area contributed by atoms with Crippen LogP contribution in [-0.2, 0) is 16.2 Å². The van der Waals surface area contributed by atoms with Gasteiger partial charge in [0.15, 0.2) is 11.5 Å². The highest BCUT2D eigenvalue weighted by atomic mass is 32.2. The fourth-order valence-electron chi connectivity index (χ4n) is 4.03. The van der Waals surface area contributed by atoms with E-state index in [1.807, 2.05) is 30.3 Å². The Morgan fingerprint density at radius 2 is 1.91 bits per heavy atom. The van der Waals surface area contributed by atoms with Crippen LogP contribution in [0.1, 0.15) is 28.3 Å². The van der Waals surface area contributed by atoms with Crippen LogP contribution < -0.4 is 14.3 Å². The fourth-order valence-corrected chi connectivity index (χ4v) is 6.59. The Kier molecular flexibility index (Phi) is 6.48. The highest BCUT2D eigenvalue weighted by Gasteiger charge is 2.53. The lowest BCUT2D eigenvalue weighted by molar-refractivity contribution is -0.155. The number of rotatable bonds is 8. The molecule has 2 aromatic carbocycles. The minimum atomic E-state index is -1.63. The Morgan fingerprint density at radius 1 is 1.15 bits per heavy atom. The van der Waals surface area contributed by atoms with Crippen LogP contribution in [-0.4, -0.2) is 40.0 Å². The summed E-state index contributed by atoms with van der Waals surface area (Å²) in [5, 5.41) is 20.3. The highest BCUT2D eigenvalue weighted by molar-refractivity contribution is 7.99. The zero-order valence-corrected chi connectivity index (χ0v) is 19.2. The van der Waals surface area contributed by atoms with Crippen molar-refractivity contribution in [1.82, 2.24) is 4.98 Å². The van der Waals surface area contributed by atoms with Gasteiger partial charge in [-0.05, 0) is 23.3 Å². The third-order valence-electron chi connectivity index (χ3n) is 5.58. The number of thiazole rings is 1. The molecular weight excluding hydrogens is 466 g/mol. The molecule has 172 valence electrons. The Balaban J connectivity index is 1.77. The summed E-state index contributed by atoms with van der Waals surface area (Å²) < 4.78 is 11.4. The predicted molar refractivity (Wildman–Crippen MR) is 124 cm³/mol. The number of fused-ring (bicyclic) bond motifs is 1. The number of ether oxygens (including phenoxy) is 2. The Bertz CT molecular complexity index is 1240. The largest absolute Gasteiger partial charge is 0.493 e. The molecule has 8 nitrogen and oxygen atoms in total. The molecule has 0 bridgehead atoms. The molecule has 0 saturated heterocycles. The van der Waals surface area contributed by atoms with Gasteiger partial charge in [-0.3, -0.25) is 14.4 Å². The van der Waals surface area contributed by atoms with Gasteiger partial charge in [-0.25, -0.2) is 0 Å². The molecule has 3 N–H and O–H groups in total. The first-order valence-corrected chi connectivity index (χ1v) is 11.8. The van der Waals surface area contributed by atoms with Crippen molar-refractivity contribution in [3.05, 3.63) is 74.2 Å². The smallest absolute Gasteiger partial charge is 0.312 e. The van der Waals surface area contributed by atoms with Crippen molar-refractivity contribution in [2.24, 2.45) is 5.41 Å². The number of benzene rings is 2. The topological polar surface area (TPSA) is 126 Å². The molecule has 4 rings (SSSR count). The first kappa shape index (κ1) is 22.9. The number of H-pyrrole nitrogens is 1. The summed E-state index contributed by atoms with van der Waals surface area (Å²) >= 11 is 2.06. The maximum absolute atomic E-state index is 12.5. The number of thioether (sulfide) groups is 1. The summed E-state index contributed by atoms with van der Waals surface area (Å²) in [5.41, 5.74) is -0.119. The number of hydrogen-bond acceptors (Lipinski definition) is 7. The third-order valence-corrected chi connectivity index (χ3v) is 7.93. The van der Waals surface area contributed by atoms with Gasteiger partial charge in [0.25, 0.3) is 0 Å². The van der Waals surface area contributed by atoms with Gasteiger partial charge in [-0.2, -0.15) is 0 Å². The average Bonchev–Trinajstić information content (AvgIpc) is 3.17. The molecule has 0 radical (unpaired) electrons. The van der Waals surface area contributed by atoms with Gasteiger partial charge in [0, 0.05) is 16.5 Å². The van der Waals surface area contributed by atoms with Gasteiger partial charge in [0.1, 0.15) is 6.61 Å². The van der Waals surface area contributed by atoms with Crippen molar-refractivity contribution in [2.45, 2.75) is 24.0 Å². The van der Waals surface area contributed by atoms with Crippen molar-refractivity contribution >= 4 is 35.0 Å². The number of aromatic nitrogens is 1. The van der Waals surface area contributed by atoms with Crippen molar-refractivity contribution < 1.29 is 29.3 Å². The summed E-state index contributed by atoms with van der Waals surface area (Å²) in [6.07, 6.45) is -0.583. The van der Waals surface area contributed by atoms with E-state index in [-0.39, 0.29) is 10.6 Å². The number of carboxylic acid groups (broad SMARTS) is 2. The third kappa shape index (κ3) is 4.49. The van der Waals surface area contributed by atoms with Gasteiger partial charge in [0.05, 0.1) is 24.0 Å². The highest BCUT2D eigenvalue weighted by Crippen LogP contribution is 2.54. The molecule has 1 aliphatic rings. The van der Waals surface area contributed by atoms with Crippen LogP contribution in [0.25, 0.3) is 0 Å². The van der Waals surface area contributed by atoms with E-state index < -0.39 is 29.7 Å². The molecule has 2 unspecified atom stereocenters. The van der Waals surface area contributed by atoms with E-state index in [9.17, 15) is 24.6 Å². The summed E-state index contributed by atoms with van der Waals surface area (Å²) in [4.78, 5) is 39.2. The fraction of sp³-hybridized carbons (Fsp3) is 0.261. The van der Waals surface area contributed by atoms with Gasteiger partial charge < -0.3 is 24.7 Å². The molecule has 3 aromatic rings. The molecule has 1 aliphatic heterocycles. The second kappa shape index (κ2) is 9.32. The SMILES string of the molecule is COc1cc(C2c3sc(=O)[nH]c3SCC2(CC(=O)O)C(=O)O)ccc1OCc1ccccc1. The van der Waals surface area contributed by atoms with E-state index in [1.54, 1.807) is 18.2 Å². The molecular formula is C23H21NO7S2. The normalized spacial score (nSPS) is 19.5. The quantitative estimate of drug-likeness (QED) is 0.438. The Morgan fingerprint density at radius 3 is 2.58 bits per heavy atom. The number of aliphatic carboxylic acids is 2. The number of carbonyl (C=O) groups is 2. The number of aromatic amines is 1. The lowest BCUT2D eigenvalue weighted by Gasteiger charge is -2.39. The zero-order valence-electron chi connectivity index (χ0n) is 17.6. The summed E-state index contributed by atoms with van der Waals surface area (Å²) in [5.74, 6) is -2.42. The van der Waals surface area contributed by atoms with Crippen molar-refractivity contribution in [1.29, 1.82) is 0 Å². The molecule has 0 fully saturated rings. The molecule has 0 saturated carbocycles. The van der Waals surface area contributed by atoms with E-state index in [0.717, 1.165) is 28.7 Å². The van der Waals surface area contributed by atoms with E-state index in [4.69, 9.17) is 9.47 Å². The van der Waals surface area contributed by atoms with Gasteiger partial charge in [-0.15, -0.1) is 11.8 Å². The minimum absolute atomic E-state index is 0.00749. The molecule has 10 heteroatoms. The molecule has 1 aromatic heterocycles. The van der Waals surface area contributed by atoms with Crippen molar-refractivity contribution in [2.75, 3.05) is 12.9 Å². The van der Waals surface area contributed by atoms with Crippen LogP contribution in [0.4, 0.5) is 0 Å².